The maximum Gasteiger partial charge on any atom is 0.222 e. The second-order valence-corrected chi connectivity index (χ2v) is 3.73. The van der Waals surface area contributed by atoms with Gasteiger partial charge in [-0.05, 0) is 5.92 Å². The number of hydrogen-bond donors (Lipinski definition) is 1. The molecule has 84 valence electrons. The molecule has 0 saturated carbocycles. The predicted octanol–water partition coefficient (Wildman–Crippen LogP) is 1.49. The van der Waals surface area contributed by atoms with Gasteiger partial charge in [0.25, 0.3) is 0 Å². The molecule has 1 aliphatic rings. The van der Waals surface area contributed by atoms with Crippen LogP contribution >= 0.6 is 0 Å². The van der Waals surface area contributed by atoms with E-state index in [1.165, 1.54) is 0 Å². The Morgan fingerprint density at radius 2 is 1.79 bits per heavy atom. The zero-order valence-electron chi connectivity index (χ0n) is 9.97. The van der Waals surface area contributed by atoms with Gasteiger partial charge in [0.1, 0.15) is 0 Å². The van der Waals surface area contributed by atoms with Crippen LogP contribution in [0.15, 0.2) is 0 Å². The molecule has 1 N–H and O–H groups in total. The molecule has 0 atom stereocenters. The lowest BCUT2D eigenvalue weighted by molar-refractivity contribution is -0.132. The normalized spacial score (nSPS) is 16.2. The Kier molecular flexibility index (Phi) is 7.48. The third kappa shape index (κ3) is 5.22. The molecule has 0 unspecified atom stereocenters. The minimum atomic E-state index is 0.312. The average molecular weight is 200 g/mol. The lowest BCUT2D eigenvalue weighted by atomic mass is 10.1. The third-order valence-corrected chi connectivity index (χ3v) is 2.05. The van der Waals surface area contributed by atoms with E-state index in [0.717, 1.165) is 26.2 Å². The monoisotopic (exact) mass is 200 g/mol. The first kappa shape index (κ1) is 13.4. The Morgan fingerprint density at radius 1 is 1.29 bits per heavy atom. The second-order valence-electron chi connectivity index (χ2n) is 3.73. The molecule has 1 saturated heterocycles. The van der Waals surface area contributed by atoms with Gasteiger partial charge < -0.3 is 10.2 Å². The summed E-state index contributed by atoms with van der Waals surface area (Å²) in [4.78, 5) is 13.5. The van der Waals surface area contributed by atoms with Crippen LogP contribution in [-0.4, -0.2) is 37.0 Å². The summed E-state index contributed by atoms with van der Waals surface area (Å²) in [5, 5.41) is 3.23. The van der Waals surface area contributed by atoms with Crippen molar-refractivity contribution in [1.82, 2.24) is 10.2 Å². The Labute approximate surface area is 87.9 Å². The Balaban J connectivity index is 0.000000791. The van der Waals surface area contributed by atoms with E-state index in [2.05, 4.69) is 19.2 Å². The molecule has 0 aromatic heterocycles. The minimum absolute atomic E-state index is 0.312. The highest BCUT2D eigenvalue weighted by Gasteiger charge is 2.16. The molecular weight excluding hydrogens is 176 g/mol. The van der Waals surface area contributed by atoms with Gasteiger partial charge in [-0.3, -0.25) is 4.79 Å². The molecule has 0 aromatic rings. The zero-order valence-corrected chi connectivity index (χ0v) is 9.97. The molecule has 0 radical (unpaired) electrons. The average Bonchev–Trinajstić information content (AvgIpc) is 2.21. The fourth-order valence-electron chi connectivity index (χ4n) is 1.39. The SMILES string of the molecule is CC.CC(C)CC(=O)N1CCNCC1. The molecule has 0 spiro atoms. The van der Waals surface area contributed by atoms with Gasteiger partial charge in [-0.1, -0.05) is 27.7 Å². The largest absolute Gasteiger partial charge is 0.340 e. The quantitative estimate of drug-likeness (QED) is 0.732. The van der Waals surface area contributed by atoms with E-state index < -0.39 is 0 Å². The van der Waals surface area contributed by atoms with Crippen molar-refractivity contribution >= 4 is 5.91 Å². The van der Waals surface area contributed by atoms with Gasteiger partial charge in [-0.25, -0.2) is 0 Å². The summed E-state index contributed by atoms with van der Waals surface area (Å²) >= 11 is 0. The zero-order chi connectivity index (χ0) is 11.0. The number of carbonyl (C=O) groups excluding carboxylic acids is 1. The molecule has 3 nitrogen and oxygen atoms in total. The first-order chi connectivity index (χ1) is 6.70. The molecule has 0 aromatic carbocycles. The van der Waals surface area contributed by atoms with E-state index in [4.69, 9.17) is 0 Å². The second kappa shape index (κ2) is 7.80. The van der Waals surface area contributed by atoms with Gasteiger partial charge in [0, 0.05) is 32.6 Å². The fraction of sp³-hybridized carbons (Fsp3) is 0.909. The van der Waals surface area contributed by atoms with Crippen LogP contribution in [0.25, 0.3) is 0 Å². The van der Waals surface area contributed by atoms with Crippen LogP contribution in [0.4, 0.5) is 0 Å². The van der Waals surface area contributed by atoms with Crippen LogP contribution in [0.5, 0.6) is 0 Å². The van der Waals surface area contributed by atoms with Gasteiger partial charge in [0.05, 0.1) is 0 Å². The Hall–Kier alpha value is -0.570. The van der Waals surface area contributed by atoms with Crippen molar-refractivity contribution in [1.29, 1.82) is 0 Å². The summed E-state index contributed by atoms with van der Waals surface area (Å²) in [5.41, 5.74) is 0. The molecule has 0 bridgehead atoms. The highest BCUT2D eigenvalue weighted by Crippen LogP contribution is 2.04. The third-order valence-electron chi connectivity index (χ3n) is 2.05. The van der Waals surface area contributed by atoms with Crippen LogP contribution in [0.1, 0.15) is 34.1 Å². The summed E-state index contributed by atoms with van der Waals surface area (Å²) in [5.74, 6) is 0.791. The number of hydrogen-bond acceptors (Lipinski definition) is 2. The van der Waals surface area contributed by atoms with E-state index in [9.17, 15) is 4.79 Å². The molecular formula is C11H24N2O. The Bertz CT molecular complexity index is 151. The maximum absolute atomic E-state index is 11.5. The molecule has 1 fully saturated rings. The number of carbonyl (C=O) groups is 1. The van der Waals surface area contributed by atoms with E-state index >= 15 is 0 Å². The van der Waals surface area contributed by atoms with Crippen LogP contribution in [0.3, 0.4) is 0 Å². The Morgan fingerprint density at radius 3 is 2.21 bits per heavy atom. The fourth-order valence-corrected chi connectivity index (χ4v) is 1.39. The molecule has 1 aliphatic heterocycles. The van der Waals surface area contributed by atoms with E-state index in [0.29, 0.717) is 18.2 Å². The highest BCUT2D eigenvalue weighted by atomic mass is 16.2. The number of piperazine rings is 1. The van der Waals surface area contributed by atoms with E-state index in [-0.39, 0.29) is 0 Å². The maximum atomic E-state index is 11.5. The number of nitrogens with one attached hydrogen (secondary N) is 1. The summed E-state index contributed by atoms with van der Waals surface area (Å²) < 4.78 is 0. The summed E-state index contributed by atoms with van der Waals surface area (Å²) in [6, 6.07) is 0. The van der Waals surface area contributed by atoms with Gasteiger partial charge in [-0.15, -0.1) is 0 Å². The van der Waals surface area contributed by atoms with Gasteiger partial charge >= 0.3 is 0 Å². The van der Waals surface area contributed by atoms with Gasteiger partial charge in [0.2, 0.25) is 5.91 Å². The summed E-state index contributed by atoms with van der Waals surface area (Å²) in [7, 11) is 0. The van der Waals surface area contributed by atoms with Gasteiger partial charge in [-0.2, -0.15) is 0 Å². The number of amides is 1. The number of rotatable bonds is 2. The van der Waals surface area contributed by atoms with Crippen molar-refractivity contribution in [3.8, 4) is 0 Å². The molecule has 1 amide bonds. The van der Waals surface area contributed by atoms with Crippen molar-refractivity contribution < 1.29 is 4.79 Å². The van der Waals surface area contributed by atoms with Crippen molar-refractivity contribution in [2.24, 2.45) is 5.92 Å². The molecule has 1 rings (SSSR count). The van der Waals surface area contributed by atoms with Gasteiger partial charge in [0.15, 0.2) is 0 Å². The molecule has 0 aliphatic carbocycles. The topological polar surface area (TPSA) is 32.3 Å². The van der Waals surface area contributed by atoms with Crippen LogP contribution < -0.4 is 5.32 Å². The summed E-state index contributed by atoms with van der Waals surface area (Å²) in [6.45, 7) is 11.8. The number of nitrogens with zero attached hydrogens (tertiary/aromatic N) is 1. The van der Waals surface area contributed by atoms with Crippen LogP contribution in [0, 0.1) is 5.92 Å². The highest BCUT2D eigenvalue weighted by molar-refractivity contribution is 5.76. The predicted molar refractivity (Wildman–Crippen MR) is 60.3 cm³/mol. The lowest BCUT2D eigenvalue weighted by Crippen LogP contribution is -2.46. The van der Waals surface area contributed by atoms with Crippen LogP contribution in [-0.2, 0) is 4.79 Å². The van der Waals surface area contributed by atoms with Crippen molar-refractivity contribution in [2.45, 2.75) is 34.1 Å². The lowest BCUT2D eigenvalue weighted by Gasteiger charge is -2.28. The first-order valence-electron chi connectivity index (χ1n) is 5.68. The summed E-state index contributed by atoms with van der Waals surface area (Å²) in [6.07, 6.45) is 0.694. The van der Waals surface area contributed by atoms with E-state index in [1.807, 2.05) is 18.7 Å². The molecule has 1 heterocycles. The minimum Gasteiger partial charge on any atom is -0.340 e. The standard InChI is InChI=1S/C9H18N2O.C2H6/c1-8(2)7-9(12)11-5-3-10-4-6-11;1-2/h8,10H,3-7H2,1-2H3;1-2H3. The van der Waals surface area contributed by atoms with E-state index in [1.54, 1.807) is 0 Å². The van der Waals surface area contributed by atoms with Crippen molar-refractivity contribution in [2.75, 3.05) is 26.2 Å². The van der Waals surface area contributed by atoms with Crippen LogP contribution in [0.2, 0.25) is 0 Å². The van der Waals surface area contributed by atoms with Crippen molar-refractivity contribution in [3.63, 3.8) is 0 Å². The molecule has 3 heteroatoms. The smallest absolute Gasteiger partial charge is 0.222 e. The molecule has 14 heavy (non-hydrogen) atoms. The van der Waals surface area contributed by atoms with Crippen molar-refractivity contribution in [3.05, 3.63) is 0 Å². The first-order valence-corrected chi connectivity index (χ1v) is 5.68.